The van der Waals surface area contributed by atoms with Crippen molar-refractivity contribution in [3.63, 3.8) is 0 Å². The third kappa shape index (κ3) is 4.68. The molecule has 0 saturated carbocycles. The maximum Gasteiger partial charge on any atom is 0.129 e. The fourth-order valence-corrected chi connectivity index (χ4v) is 1.40. The maximum atomic E-state index is 13.2. The molecule has 4 heteroatoms. The normalized spacial score (nSPS) is 12.8. The summed E-state index contributed by atoms with van der Waals surface area (Å²) in [5, 5.41) is 3.17. The molecule has 0 spiro atoms. The standard InChI is InChI=1S/C12H18F2N2/c1-9(15)4-6-16-7-5-10-2-3-11(13)8-12(10)14/h2-3,8-9,16H,4-7,15H2,1H3. The number of hydrogen-bond donors (Lipinski definition) is 2. The zero-order valence-electron chi connectivity index (χ0n) is 9.47. The largest absolute Gasteiger partial charge is 0.328 e. The molecule has 0 aliphatic heterocycles. The first-order valence-corrected chi connectivity index (χ1v) is 5.50. The molecular formula is C12H18F2N2. The summed E-state index contributed by atoms with van der Waals surface area (Å²) >= 11 is 0. The first-order chi connectivity index (χ1) is 7.59. The number of nitrogens with two attached hydrogens (primary N) is 1. The molecule has 1 aromatic carbocycles. The molecule has 0 fully saturated rings. The molecule has 1 rings (SSSR count). The van der Waals surface area contributed by atoms with Crippen molar-refractivity contribution < 1.29 is 8.78 Å². The minimum atomic E-state index is -0.536. The number of rotatable bonds is 6. The Labute approximate surface area is 94.8 Å². The van der Waals surface area contributed by atoms with Gasteiger partial charge in [-0.25, -0.2) is 8.78 Å². The van der Waals surface area contributed by atoms with Gasteiger partial charge in [-0.1, -0.05) is 6.07 Å². The van der Waals surface area contributed by atoms with Gasteiger partial charge in [0.2, 0.25) is 0 Å². The van der Waals surface area contributed by atoms with Crippen molar-refractivity contribution in [1.29, 1.82) is 0 Å². The molecule has 1 aromatic rings. The van der Waals surface area contributed by atoms with Crippen LogP contribution in [0.15, 0.2) is 18.2 Å². The van der Waals surface area contributed by atoms with Crippen LogP contribution in [0.25, 0.3) is 0 Å². The van der Waals surface area contributed by atoms with Gasteiger partial charge in [-0.05, 0) is 44.5 Å². The first-order valence-electron chi connectivity index (χ1n) is 5.50. The Morgan fingerprint density at radius 1 is 1.31 bits per heavy atom. The van der Waals surface area contributed by atoms with E-state index in [-0.39, 0.29) is 6.04 Å². The van der Waals surface area contributed by atoms with Gasteiger partial charge in [0, 0.05) is 12.1 Å². The van der Waals surface area contributed by atoms with Crippen LogP contribution < -0.4 is 11.1 Å². The molecule has 0 radical (unpaired) electrons. The molecule has 0 bridgehead atoms. The van der Waals surface area contributed by atoms with Crippen molar-refractivity contribution in [2.75, 3.05) is 13.1 Å². The quantitative estimate of drug-likeness (QED) is 0.729. The molecular weight excluding hydrogens is 210 g/mol. The predicted octanol–water partition coefficient (Wildman–Crippen LogP) is 1.83. The smallest absolute Gasteiger partial charge is 0.129 e. The van der Waals surface area contributed by atoms with Crippen LogP contribution in [0, 0.1) is 11.6 Å². The highest BCUT2D eigenvalue weighted by atomic mass is 19.1. The van der Waals surface area contributed by atoms with Crippen molar-refractivity contribution >= 4 is 0 Å². The van der Waals surface area contributed by atoms with E-state index in [0.29, 0.717) is 18.5 Å². The van der Waals surface area contributed by atoms with Gasteiger partial charge in [0.05, 0.1) is 0 Å². The molecule has 0 saturated heterocycles. The van der Waals surface area contributed by atoms with Crippen LogP contribution >= 0.6 is 0 Å². The summed E-state index contributed by atoms with van der Waals surface area (Å²) in [7, 11) is 0. The number of hydrogen-bond acceptors (Lipinski definition) is 2. The van der Waals surface area contributed by atoms with Crippen molar-refractivity contribution in [3.8, 4) is 0 Å². The second-order valence-electron chi connectivity index (χ2n) is 4.00. The third-order valence-corrected chi connectivity index (χ3v) is 2.36. The number of nitrogens with one attached hydrogen (secondary N) is 1. The van der Waals surface area contributed by atoms with Gasteiger partial charge in [0.15, 0.2) is 0 Å². The van der Waals surface area contributed by atoms with Gasteiger partial charge < -0.3 is 11.1 Å². The van der Waals surface area contributed by atoms with Crippen molar-refractivity contribution in [3.05, 3.63) is 35.4 Å². The molecule has 1 unspecified atom stereocenters. The van der Waals surface area contributed by atoms with E-state index in [2.05, 4.69) is 5.32 Å². The predicted molar refractivity (Wildman–Crippen MR) is 61.2 cm³/mol. The molecule has 0 aromatic heterocycles. The Hall–Kier alpha value is -1.00. The summed E-state index contributed by atoms with van der Waals surface area (Å²) in [6, 6.07) is 3.85. The fourth-order valence-electron chi connectivity index (χ4n) is 1.40. The van der Waals surface area contributed by atoms with Gasteiger partial charge in [-0.2, -0.15) is 0 Å². The Balaban J connectivity index is 2.27. The Morgan fingerprint density at radius 3 is 2.69 bits per heavy atom. The minimum Gasteiger partial charge on any atom is -0.328 e. The SMILES string of the molecule is CC(N)CCNCCc1ccc(F)cc1F. The average molecular weight is 228 g/mol. The Bertz CT molecular complexity index is 327. The van der Waals surface area contributed by atoms with Crippen molar-refractivity contribution in [2.24, 2.45) is 5.73 Å². The second kappa shape index (κ2) is 6.55. The summed E-state index contributed by atoms with van der Waals surface area (Å²) in [5.74, 6) is -1.01. The first kappa shape index (κ1) is 13.1. The van der Waals surface area contributed by atoms with E-state index in [9.17, 15) is 8.78 Å². The zero-order chi connectivity index (χ0) is 12.0. The summed E-state index contributed by atoms with van der Waals surface area (Å²) < 4.78 is 25.8. The lowest BCUT2D eigenvalue weighted by Crippen LogP contribution is -2.25. The fraction of sp³-hybridized carbons (Fsp3) is 0.500. The monoisotopic (exact) mass is 228 g/mol. The van der Waals surface area contributed by atoms with Crippen LogP contribution in [0.1, 0.15) is 18.9 Å². The van der Waals surface area contributed by atoms with Crippen LogP contribution in [0.4, 0.5) is 8.78 Å². The lowest BCUT2D eigenvalue weighted by molar-refractivity contribution is 0.558. The highest BCUT2D eigenvalue weighted by molar-refractivity contribution is 5.18. The van der Waals surface area contributed by atoms with Gasteiger partial charge in [0.25, 0.3) is 0 Å². The highest BCUT2D eigenvalue weighted by Crippen LogP contribution is 2.09. The molecule has 90 valence electrons. The summed E-state index contributed by atoms with van der Waals surface area (Å²) in [6.07, 6.45) is 1.46. The van der Waals surface area contributed by atoms with Crippen LogP contribution in [0.5, 0.6) is 0 Å². The number of halogens is 2. The van der Waals surface area contributed by atoms with Crippen LogP contribution in [0.2, 0.25) is 0 Å². The zero-order valence-corrected chi connectivity index (χ0v) is 9.47. The van der Waals surface area contributed by atoms with E-state index < -0.39 is 11.6 Å². The van der Waals surface area contributed by atoms with Crippen LogP contribution in [-0.4, -0.2) is 19.1 Å². The molecule has 0 aliphatic carbocycles. The Kier molecular flexibility index (Phi) is 5.35. The summed E-state index contributed by atoms with van der Waals surface area (Å²) in [4.78, 5) is 0. The van der Waals surface area contributed by atoms with Gasteiger partial charge >= 0.3 is 0 Å². The lowest BCUT2D eigenvalue weighted by atomic mass is 10.1. The van der Waals surface area contributed by atoms with E-state index in [1.54, 1.807) is 0 Å². The van der Waals surface area contributed by atoms with E-state index >= 15 is 0 Å². The summed E-state index contributed by atoms with van der Waals surface area (Å²) in [5.41, 5.74) is 6.12. The minimum absolute atomic E-state index is 0.176. The van der Waals surface area contributed by atoms with Gasteiger partial charge in [0.1, 0.15) is 11.6 Å². The van der Waals surface area contributed by atoms with E-state index in [0.717, 1.165) is 19.0 Å². The van der Waals surface area contributed by atoms with E-state index in [4.69, 9.17) is 5.73 Å². The molecule has 2 nitrogen and oxygen atoms in total. The van der Waals surface area contributed by atoms with Crippen LogP contribution in [0.3, 0.4) is 0 Å². The molecule has 3 N–H and O–H groups in total. The maximum absolute atomic E-state index is 13.2. The molecule has 16 heavy (non-hydrogen) atoms. The van der Waals surface area contributed by atoms with E-state index in [1.165, 1.54) is 12.1 Å². The third-order valence-electron chi connectivity index (χ3n) is 2.36. The van der Waals surface area contributed by atoms with Crippen molar-refractivity contribution in [2.45, 2.75) is 25.8 Å². The molecule has 0 amide bonds. The average Bonchev–Trinajstić information content (AvgIpc) is 2.20. The number of benzene rings is 1. The van der Waals surface area contributed by atoms with E-state index in [1.807, 2.05) is 6.92 Å². The van der Waals surface area contributed by atoms with Crippen LogP contribution in [-0.2, 0) is 6.42 Å². The summed E-state index contributed by atoms with van der Waals surface area (Å²) in [6.45, 7) is 3.44. The van der Waals surface area contributed by atoms with Crippen molar-refractivity contribution in [1.82, 2.24) is 5.32 Å². The lowest BCUT2D eigenvalue weighted by Gasteiger charge is -2.07. The molecule has 0 heterocycles. The second-order valence-corrected chi connectivity index (χ2v) is 4.00. The molecule has 1 atom stereocenters. The topological polar surface area (TPSA) is 38.0 Å². The van der Waals surface area contributed by atoms with Gasteiger partial charge in [-0.15, -0.1) is 0 Å². The van der Waals surface area contributed by atoms with Gasteiger partial charge in [-0.3, -0.25) is 0 Å². The molecule has 0 aliphatic rings. The Morgan fingerprint density at radius 2 is 2.06 bits per heavy atom. The highest BCUT2D eigenvalue weighted by Gasteiger charge is 2.03.